The fourth-order valence-electron chi connectivity index (χ4n) is 0.982. The Hall–Kier alpha value is -1.89. The van der Waals surface area contributed by atoms with E-state index in [0.717, 1.165) is 6.34 Å². The van der Waals surface area contributed by atoms with Crippen LogP contribution in [-0.2, 0) is 14.8 Å². The minimum Gasteiger partial charge on any atom is -0.444 e. The quantitative estimate of drug-likeness (QED) is 0.447. The molecule has 18 heavy (non-hydrogen) atoms. The molecule has 0 heterocycles. The Balaban J connectivity index is 2.58. The highest BCUT2D eigenvalue weighted by Gasteiger charge is 2.13. The van der Waals surface area contributed by atoms with E-state index in [0.29, 0.717) is 5.56 Å². The number of nitrogens with zero attached hydrogens (tertiary/aromatic N) is 2. The van der Waals surface area contributed by atoms with Crippen LogP contribution in [0.1, 0.15) is 10.4 Å². The third-order valence-electron chi connectivity index (χ3n) is 1.79. The van der Waals surface area contributed by atoms with E-state index in [1.54, 1.807) is 32.3 Å². The van der Waals surface area contributed by atoms with Gasteiger partial charge in [0.1, 0.15) is 6.34 Å². The van der Waals surface area contributed by atoms with Gasteiger partial charge in [0.15, 0.2) is 0 Å². The molecule has 0 bridgehead atoms. The van der Waals surface area contributed by atoms with Gasteiger partial charge in [0.2, 0.25) is 5.94 Å². The Morgan fingerprint density at radius 3 is 2.50 bits per heavy atom. The van der Waals surface area contributed by atoms with Crippen LogP contribution >= 0.6 is 0 Å². The number of hydrogen-bond acceptors (Lipinski definition) is 4. The molecule has 0 amide bonds. The summed E-state index contributed by atoms with van der Waals surface area (Å²) in [6.45, 7) is 0. The van der Waals surface area contributed by atoms with E-state index < -0.39 is 21.9 Å². The van der Waals surface area contributed by atoms with Crippen LogP contribution < -0.4 is 0 Å². The van der Waals surface area contributed by atoms with Crippen molar-refractivity contribution >= 4 is 22.3 Å². The van der Waals surface area contributed by atoms with Crippen molar-refractivity contribution in [3.05, 3.63) is 35.9 Å². The fourth-order valence-corrected chi connectivity index (χ4v) is 1.63. The van der Waals surface area contributed by atoms with Crippen LogP contribution in [0, 0.1) is 0 Å². The normalized spacial score (nSPS) is 11.4. The lowest BCUT2D eigenvalue weighted by molar-refractivity contribution is 0.0571. The monoisotopic (exact) mass is 270 g/mol. The van der Waals surface area contributed by atoms with Crippen molar-refractivity contribution in [1.82, 2.24) is 4.90 Å². The molecule has 0 unspecified atom stereocenters. The smallest absolute Gasteiger partial charge is 0.339 e. The molecule has 0 aromatic heterocycles. The molecule has 7 heteroatoms. The molecule has 6 nitrogen and oxygen atoms in total. The molecule has 1 aromatic carbocycles. The Labute approximate surface area is 106 Å². The largest absolute Gasteiger partial charge is 0.444 e. The molecule has 0 saturated carbocycles. The van der Waals surface area contributed by atoms with Crippen molar-refractivity contribution in [3.8, 4) is 0 Å². The van der Waals surface area contributed by atoms with Crippen molar-refractivity contribution in [1.29, 1.82) is 0 Å². The van der Waals surface area contributed by atoms with Gasteiger partial charge in [-0.3, -0.25) is 0 Å². The van der Waals surface area contributed by atoms with Gasteiger partial charge in [0.05, 0.1) is 5.56 Å². The molecule has 0 fully saturated rings. The highest BCUT2D eigenvalue weighted by molar-refractivity contribution is 7.90. The number of ether oxygens (including phenoxy) is 1. The zero-order valence-electron chi connectivity index (χ0n) is 10.1. The van der Waals surface area contributed by atoms with Crippen LogP contribution in [0.5, 0.6) is 0 Å². The number of esters is 1. The van der Waals surface area contributed by atoms with Gasteiger partial charge in [0.25, 0.3) is 10.0 Å². The van der Waals surface area contributed by atoms with Crippen LogP contribution in [0.15, 0.2) is 34.7 Å². The zero-order chi connectivity index (χ0) is 13.6. The van der Waals surface area contributed by atoms with Gasteiger partial charge in [-0.15, -0.1) is 0 Å². The summed E-state index contributed by atoms with van der Waals surface area (Å²) in [6.07, 6.45) is 1.13. The van der Waals surface area contributed by atoms with Gasteiger partial charge in [0, 0.05) is 14.1 Å². The number of carbonyl (C=O) groups is 1. The van der Waals surface area contributed by atoms with E-state index in [9.17, 15) is 13.2 Å². The van der Waals surface area contributed by atoms with Crippen LogP contribution in [0.3, 0.4) is 0 Å². The molecule has 0 aliphatic heterocycles. The van der Waals surface area contributed by atoms with E-state index in [2.05, 4.69) is 9.13 Å². The van der Waals surface area contributed by atoms with Gasteiger partial charge < -0.3 is 9.64 Å². The van der Waals surface area contributed by atoms with Crippen molar-refractivity contribution < 1.29 is 17.9 Å². The predicted molar refractivity (Wildman–Crippen MR) is 67.8 cm³/mol. The lowest BCUT2D eigenvalue weighted by Crippen LogP contribution is -2.15. The summed E-state index contributed by atoms with van der Waals surface area (Å²) in [7, 11) is -0.527. The Bertz CT molecular complexity index is 523. The first kappa shape index (κ1) is 14.2. The maximum absolute atomic E-state index is 11.5. The number of hydrogen-bond donors (Lipinski definition) is 0. The number of carbonyl (C=O) groups excluding carboxylic acids is 1. The second kappa shape index (κ2) is 6.15. The average molecular weight is 270 g/mol. The second-order valence-electron chi connectivity index (χ2n) is 3.68. The molecule has 0 aliphatic rings. The molecule has 0 aliphatic carbocycles. The number of rotatable bonds is 5. The molecular formula is C11H14N2O4S. The maximum atomic E-state index is 11.5. The zero-order valence-corrected chi connectivity index (χ0v) is 10.9. The summed E-state index contributed by atoms with van der Waals surface area (Å²) in [5.74, 6) is -1.47. The maximum Gasteiger partial charge on any atom is 0.339 e. The average Bonchev–Trinajstić information content (AvgIpc) is 2.35. The summed E-state index contributed by atoms with van der Waals surface area (Å²) >= 11 is 0. The van der Waals surface area contributed by atoms with Crippen molar-refractivity contribution in [2.45, 2.75) is 0 Å². The molecule has 0 saturated heterocycles. The molecule has 0 radical (unpaired) electrons. The molecule has 0 atom stereocenters. The predicted octanol–water partition coefficient (Wildman–Crippen LogP) is 0.721. The van der Waals surface area contributed by atoms with E-state index in [1.165, 1.54) is 17.0 Å². The van der Waals surface area contributed by atoms with E-state index in [4.69, 9.17) is 0 Å². The first-order valence-corrected chi connectivity index (χ1v) is 6.68. The van der Waals surface area contributed by atoms with Crippen LogP contribution in [0.4, 0.5) is 0 Å². The molecular weight excluding hydrogens is 256 g/mol. The summed E-state index contributed by atoms with van der Waals surface area (Å²) in [5, 5.41) is 0. The summed E-state index contributed by atoms with van der Waals surface area (Å²) in [5.41, 5.74) is 0.296. The van der Waals surface area contributed by atoms with Crippen molar-refractivity contribution in [2.24, 2.45) is 4.40 Å². The van der Waals surface area contributed by atoms with Crippen molar-refractivity contribution in [2.75, 3.05) is 20.0 Å². The number of benzene rings is 1. The van der Waals surface area contributed by atoms with Gasteiger partial charge in [-0.05, 0) is 12.1 Å². The third-order valence-corrected chi connectivity index (χ3v) is 2.62. The Kier molecular flexibility index (Phi) is 4.85. The highest BCUT2D eigenvalue weighted by Crippen LogP contribution is 2.02. The van der Waals surface area contributed by atoms with Gasteiger partial charge in [-0.2, -0.15) is 4.40 Å². The van der Waals surface area contributed by atoms with Crippen LogP contribution in [-0.4, -0.2) is 45.7 Å². The summed E-state index contributed by atoms with van der Waals surface area (Å²) in [6, 6.07) is 8.15. The van der Waals surface area contributed by atoms with E-state index in [1.807, 2.05) is 0 Å². The topological polar surface area (TPSA) is 76.0 Å². The van der Waals surface area contributed by atoms with Gasteiger partial charge >= 0.3 is 5.97 Å². The van der Waals surface area contributed by atoms with Crippen molar-refractivity contribution in [3.63, 3.8) is 0 Å². The molecule has 0 N–H and O–H groups in total. The lowest BCUT2D eigenvalue weighted by Gasteiger charge is -2.04. The Morgan fingerprint density at radius 1 is 1.33 bits per heavy atom. The molecule has 1 rings (SSSR count). The highest BCUT2D eigenvalue weighted by atomic mass is 32.2. The molecule has 0 spiro atoms. The SMILES string of the molecule is CN(C)C=NS(=O)(=O)COC(=O)c1ccccc1. The fraction of sp³-hybridized carbons (Fsp3) is 0.273. The molecule has 1 aromatic rings. The third kappa shape index (κ3) is 4.96. The minimum atomic E-state index is -3.79. The van der Waals surface area contributed by atoms with Crippen LogP contribution in [0.2, 0.25) is 0 Å². The second-order valence-corrected chi connectivity index (χ2v) is 5.29. The first-order valence-electron chi connectivity index (χ1n) is 5.07. The summed E-state index contributed by atoms with van der Waals surface area (Å²) in [4.78, 5) is 12.9. The Morgan fingerprint density at radius 2 is 1.94 bits per heavy atom. The van der Waals surface area contributed by atoms with Crippen LogP contribution in [0.25, 0.3) is 0 Å². The standard InChI is InChI=1S/C11H14N2O4S/c1-13(2)8-12-18(15,16)9-17-11(14)10-6-4-3-5-7-10/h3-8H,9H2,1-2H3. The first-order chi connectivity index (χ1) is 8.41. The summed E-state index contributed by atoms with van der Waals surface area (Å²) < 4.78 is 30.7. The van der Waals surface area contributed by atoms with E-state index in [-0.39, 0.29) is 0 Å². The number of sulfonamides is 1. The van der Waals surface area contributed by atoms with Gasteiger partial charge in [-0.25, -0.2) is 13.2 Å². The van der Waals surface area contributed by atoms with Gasteiger partial charge in [-0.1, -0.05) is 18.2 Å². The van der Waals surface area contributed by atoms with E-state index >= 15 is 0 Å². The molecule has 98 valence electrons. The lowest BCUT2D eigenvalue weighted by atomic mass is 10.2. The minimum absolute atomic E-state index is 0.296.